The summed E-state index contributed by atoms with van der Waals surface area (Å²) in [4.78, 5) is 14.0. The molecule has 0 amide bonds. The van der Waals surface area contributed by atoms with Crippen LogP contribution in [0.25, 0.3) is 0 Å². The minimum Gasteiger partial charge on any atom is -0.368 e. The van der Waals surface area contributed by atoms with Crippen LogP contribution in [0.2, 0.25) is 0 Å². The molecule has 1 aliphatic heterocycles. The number of guanidine groups is 2. The predicted molar refractivity (Wildman–Crippen MR) is 106 cm³/mol. The third-order valence-electron chi connectivity index (χ3n) is 4.54. The van der Waals surface area contributed by atoms with E-state index in [1.165, 1.54) is 70.6 Å². The minimum atomic E-state index is -0.604. The number of hydrogen-bond donors (Lipinski definition) is 2. The average Bonchev–Trinajstić information content (AvgIpc) is 2.53. The molecule has 1 heterocycles. The van der Waals surface area contributed by atoms with Gasteiger partial charge in [-0.2, -0.15) is 10.1 Å². The summed E-state index contributed by atoms with van der Waals surface area (Å²) < 4.78 is 0. The second-order valence-corrected chi connectivity index (χ2v) is 7.45. The van der Waals surface area contributed by atoms with Crippen molar-refractivity contribution in [1.82, 2.24) is 5.06 Å². The van der Waals surface area contributed by atoms with Gasteiger partial charge in [-0.15, -0.1) is 0 Å². The highest BCUT2D eigenvalue weighted by molar-refractivity contribution is 5.95. The van der Waals surface area contributed by atoms with Gasteiger partial charge in [0.1, 0.15) is 0 Å². The Morgan fingerprint density at radius 3 is 1.80 bits per heavy atom. The second kappa shape index (κ2) is 12.1. The molecule has 0 aliphatic carbocycles. The molecular weight excluding hydrogens is 314 g/mol. The average molecular weight is 354 g/mol. The van der Waals surface area contributed by atoms with Gasteiger partial charge < -0.3 is 11.5 Å². The smallest absolute Gasteiger partial charge is 0.226 e. The van der Waals surface area contributed by atoms with Crippen LogP contribution >= 0.6 is 0 Å². The fraction of sp³-hybridized carbons (Fsp3) is 0.895. The molecule has 1 rings (SSSR count). The molecular formula is C19H39N5O. The van der Waals surface area contributed by atoms with E-state index in [1.807, 2.05) is 13.8 Å². The summed E-state index contributed by atoms with van der Waals surface area (Å²) in [6.07, 6.45) is 15.9. The van der Waals surface area contributed by atoms with Crippen molar-refractivity contribution in [2.24, 2.45) is 21.5 Å². The number of hydrogen-bond acceptors (Lipinski definition) is 6. The maximum Gasteiger partial charge on any atom is 0.226 e. The zero-order chi connectivity index (χ0) is 18.5. The molecule has 0 spiro atoms. The zero-order valence-corrected chi connectivity index (χ0v) is 16.6. The van der Waals surface area contributed by atoms with Gasteiger partial charge in [0.15, 0.2) is 5.66 Å². The van der Waals surface area contributed by atoms with Crippen molar-refractivity contribution >= 4 is 11.9 Å². The first kappa shape index (κ1) is 21.7. The van der Waals surface area contributed by atoms with Gasteiger partial charge in [-0.1, -0.05) is 77.6 Å². The third-order valence-corrected chi connectivity index (χ3v) is 4.54. The van der Waals surface area contributed by atoms with Gasteiger partial charge in [0, 0.05) is 0 Å². The van der Waals surface area contributed by atoms with Crippen molar-refractivity contribution in [1.29, 1.82) is 0 Å². The van der Waals surface area contributed by atoms with Crippen LogP contribution in [-0.2, 0) is 4.84 Å². The Morgan fingerprint density at radius 1 is 0.840 bits per heavy atom. The first-order valence-electron chi connectivity index (χ1n) is 10.1. The monoisotopic (exact) mass is 353 g/mol. The van der Waals surface area contributed by atoms with Crippen molar-refractivity contribution in [3.8, 4) is 0 Å². The van der Waals surface area contributed by atoms with Crippen molar-refractivity contribution in [2.75, 3.05) is 6.61 Å². The lowest BCUT2D eigenvalue weighted by Crippen LogP contribution is -2.53. The lowest BCUT2D eigenvalue weighted by molar-refractivity contribution is -0.157. The molecule has 0 aromatic heterocycles. The predicted octanol–water partition coefficient (Wildman–Crippen LogP) is 4.30. The van der Waals surface area contributed by atoms with Gasteiger partial charge in [-0.05, 0) is 20.3 Å². The highest BCUT2D eigenvalue weighted by atomic mass is 16.7. The van der Waals surface area contributed by atoms with E-state index in [2.05, 4.69) is 16.9 Å². The molecule has 1 aliphatic rings. The number of nitrogens with zero attached hydrogens (tertiary/aromatic N) is 3. The van der Waals surface area contributed by atoms with Gasteiger partial charge >= 0.3 is 0 Å². The van der Waals surface area contributed by atoms with Crippen LogP contribution in [0.5, 0.6) is 0 Å². The number of nitrogens with two attached hydrogens (primary N) is 2. The summed E-state index contributed by atoms with van der Waals surface area (Å²) in [5.74, 6) is 0.476. The molecule has 0 radical (unpaired) electrons. The van der Waals surface area contributed by atoms with Crippen molar-refractivity contribution in [3.05, 3.63) is 0 Å². The Balaban J connectivity index is 1.96. The molecule has 0 unspecified atom stereocenters. The Kier molecular flexibility index (Phi) is 10.5. The van der Waals surface area contributed by atoms with E-state index in [4.69, 9.17) is 16.3 Å². The Bertz CT molecular complexity index is 420. The van der Waals surface area contributed by atoms with E-state index in [9.17, 15) is 0 Å². The number of hydroxylamine groups is 2. The largest absolute Gasteiger partial charge is 0.368 e. The number of rotatable bonds is 14. The summed E-state index contributed by atoms with van der Waals surface area (Å²) in [5.41, 5.74) is 10.9. The first-order chi connectivity index (χ1) is 12.0. The second-order valence-electron chi connectivity index (χ2n) is 7.45. The Labute approximate surface area is 154 Å². The van der Waals surface area contributed by atoms with E-state index < -0.39 is 5.66 Å². The van der Waals surface area contributed by atoms with Crippen LogP contribution in [0.1, 0.15) is 97.8 Å². The summed E-state index contributed by atoms with van der Waals surface area (Å²) in [5, 5.41) is 1.56. The van der Waals surface area contributed by atoms with Crippen LogP contribution in [0.3, 0.4) is 0 Å². The fourth-order valence-corrected chi connectivity index (χ4v) is 3.12. The molecule has 25 heavy (non-hydrogen) atoms. The van der Waals surface area contributed by atoms with E-state index >= 15 is 0 Å². The summed E-state index contributed by atoms with van der Waals surface area (Å²) in [6.45, 7) is 6.71. The first-order valence-corrected chi connectivity index (χ1v) is 10.1. The van der Waals surface area contributed by atoms with Crippen molar-refractivity contribution < 1.29 is 4.84 Å². The standard InChI is InChI=1S/C19H39N5O/c1-4-5-6-7-8-9-10-11-12-13-14-15-16-25-24-18(21)22-17(20)23-19(24,2)3/h4-16H2,1-3H3,(H4,20,21,22,23). The van der Waals surface area contributed by atoms with Crippen LogP contribution in [0.4, 0.5) is 0 Å². The highest BCUT2D eigenvalue weighted by Crippen LogP contribution is 2.20. The Hall–Kier alpha value is -1.30. The Morgan fingerprint density at radius 2 is 1.32 bits per heavy atom. The van der Waals surface area contributed by atoms with E-state index in [1.54, 1.807) is 5.06 Å². The quantitative estimate of drug-likeness (QED) is 0.456. The normalized spacial score (nSPS) is 16.7. The van der Waals surface area contributed by atoms with Gasteiger partial charge in [0.2, 0.25) is 11.9 Å². The molecule has 0 saturated carbocycles. The molecule has 146 valence electrons. The third kappa shape index (κ3) is 9.10. The number of unbranched alkanes of at least 4 members (excludes halogenated alkanes) is 11. The molecule has 0 fully saturated rings. The van der Waals surface area contributed by atoms with Gasteiger partial charge in [-0.25, -0.2) is 4.99 Å². The lowest BCUT2D eigenvalue weighted by Gasteiger charge is -2.36. The maximum absolute atomic E-state index is 5.88. The van der Waals surface area contributed by atoms with Crippen LogP contribution < -0.4 is 11.5 Å². The lowest BCUT2D eigenvalue weighted by atomic mass is 10.1. The van der Waals surface area contributed by atoms with E-state index in [-0.39, 0.29) is 11.9 Å². The van der Waals surface area contributed by atoms with Crippen LogP contribution in [0, 0.1) is 0 Å². The van der Waals surface area contributed by atoms with E-state index in [0.717, 1.165) is 6.42 Å². The summed E-state index contributed by atoms with van der Waals surface area (Å²) in [7, 11) is 0. The molecule has 0 aromatic carbocycles. The topological polar surface area (TPSA) is 89.2 Å². The highest BCUT2D eigenvalue weighted by Gasteiger charge is 2.32. The SMILES string of the molecule is CCCCCCCCCCCCCCON1C(N)=NC(N)=NC1(C)C. The molecule has 0 aromatic rings. The van der Waals surface area contributed by atoms with Gasteiger partial charge in [-0.3, -0.25) is 4.84 Å². The van der Waals surface area contributed by atoms with Crippen molar-refractivity contribution in [3.63, 3.8) is 0 Å². The zero-order valence-electron chi connectivity index (χ0n) is 16.6. The van der Waals surface area contributed by atoms with E-state index in [0.29, 0.717) is 6.61 Å². The molecule has 0 atom stereocenters. The minimum absolute atomic E-state index is 0.202. The molecule has 6 heteroatoms. The summed E-state index contributed by atoms with van der Waals surface area (Å²) >= 11 is 0. The number of aliphatic imine (C=N–C) groups is 2. The molecule has 4 N–H and O–H groups in total. The van der Waals surface area contributed by atoms with Crippen molar-refractivity contribution in [2.45, 2.75) is 103 Å². The molecule has 6 nitrogen and oxygen atoms in total. The maximum atomic E-state index is 5.88. The molecule has 0 bridgehead atoms. The van der Waals surface area contributed by atoms with Gasteiger partial charge in [0.25, 0.3) is 0 Å². The summed E-state index contributed by atoms with van der Waals surface area (Å²) in [6, 6.07) is 0. The fourth-order valence-electron chi connectivity index (χ4n) is 3.12. The van der Waals surface area contributed by atoms with Crippen LogP contribution in [0.15, 0.2) is 9.98 Å². The molecule has 0 saturated heterocycles. The van der Waals surface area contributed by atoms with Crippen LogP contribution in [-0.4, -0.2) is 29.3 Å². The van der Waals surface area contributed by atoms with Gasteiger partial charge in [0.05, 0.1) is 6.61 Å².